The van der Waals surface area contributed by atoms with Crippen molar-refractivity contribution in [3.63, 3.8) is 0 Å². The minimum Gasteiger partial charge on any atom is -0.504 e. The quantitative estimate of drug-likeness (QED) is 0.258. The molecule has 3 aliphatic carbocycles. The van der Waals surface area contributed by atoms with Crippen LogP contribution in [0.25, 0.3) is 5.57 Å². The summed E-state index contributed by atoms with van der Waals surface area (Å²) in [6.45, 7) is 1.38. The van der Waals surface area contributed by atoms with E-state index in [0.717, 1.165) is 60.8 Å². The van der Waals surface area contributed by atoms with Gasteiger partial charge in [-0.15, -0.1) is 0 Å². The number of hydrogen-bond donors (Lipinski definition) is 3. The molecule has 3 aliphatic rings. The number of hydrogen-bond acceptors (Lipinski definition) is 8. The zero-order chi connectivity index (χ0) is 31.4. The second-order valence-corrected chi connectivity index (χ2v) is 12.7. The van der Waals surface area contributed by atoms with Crippen molar-refractivity contribution in [1.82, 2.24) is 5.32 Å². The average molecular weight is 606 g/mol. The molecule has 0 spiro atoms. The van der Waals surface area contributed by atoms with Crippen molar-refractivity contribution in [2.24, 2.45) is 11.8 Å². The van der Waals surface area contributed by atoms with Crippen LogP contribution in [0, 0.1) is 11.8 Å². The highest BCUT2D eigenvalue weighted by molar-refractivity contribution is 5.83. The number of ether oxygens (including phenoxy) is 3. The highest BCUT2D eigenvalue weighted by atomic mass is 16.5. The van der Waals surface area contributed by atoms with Crippen LogP contribution >= 0.6 is 0 Å². The minimum atomic E-state index is -0.554. The first-order chi connectivity index (χ1) is 21.2. The smallest absolute Gasteiger partial charge is 0.302 e. The SMILES string of the molecule is CNC1CCCc2c(O)c(OC)cc3c2C1=CC1CCCCC1C3CC(=O)CC(CCc1ccc(O)c(OC)c1)OC(C)=O. The van der Waals surface area contributed by atoms with E-state index in [9.17, 15) is 19.8 Å². The summed E-state index contributed by atoms with van der Waals surface area (Å²) in [5, 5.41) is 24.8. The third-order valence-electron chi connectivity index (χ3n) is 9.97. The minimum absolute atomic E-state index is 0.0280. The summed E-state index contributed by atoms with van der Waals surface area (Å²) < 4.78 is 16.6. The van der Waals surface area contributed by atoms with Crippen molar-refractivity contribution in [1.29, 1.82) is 0 Å². The largest absolute Gasteiger partial charge is 0.504 e. The molecule has 0 aliphatic heterocycles. The first-order valence-electron chi connectivity index (χ1n) is 16.1. The fraction of sp³-hybridized carbons (Fsp3) is 0.556. The number of Topliss-reactive ketones (excluding diaryl/α,β-unsaturated/α-hetero) is 1. The Labute approximate surface area is 260 Å². The summed E-state index contributed by atoms with van der Waals surface area (Å²) >= 11 is 0. The van der Waals surface area contributed by atoms with E-state index in [0.29, 0.717) is 42.6 Å². The molecule has 8 nitrogen and oxygen atoms in total. The molecule has 5 rings (SSSR count). The molecule has 5 atom stereocenters. The normalized spacial score (nSPS) is 23.2. The summed E-state index contributed by atoms with van der Waals surface area (Å²) in [7, 11) is 5.10. The van der Waals surface area contributed by atoms with Gasteiger partial charge in [-0.1, -0.05) is 25.0 Å². The van der Waals surface area contributed by atoms with Crippen LogP contribution in [-0.2, 0) is 27.2 Å². The number of methoxy groups -OCH3 is 2. The number of aromatic hydroxyl groups is 2. The molecule has 0 amide bonds. The van der Waals surface area contributed by atoms with Gasteiger partial charge in [0.05, 0.1) is 14.2 Å². The Morgan fingerprint density at radius 2 is 1.80 bits per heavy atom. The molecule has 0 saturated heterocycles. The van der Waals surface area contributed by atoms with Crippen molar-refractivity contribution < 1.29 is 34.0 Å². The molecule has 0 aromatic heterocycles. The number of fused-ring (bicyclic) bond motifs is 1. The Kier molecular flexibility index (Phi) is 10.2. The van der Waals surface area contributed by atoms with Gasteiger partial charge in [0, 0.05) is 31.4 Å². The molecule has 44 heavy (non-hydrogen) atoms. The van der Waals surface area contributed by atoms with Crippen LogP contribution < -0.4 is 14.8 Å². The van der Waals surface area contributed by atoms with Gasteiger partial charge in [-0.2, -0.15) is 0 Å². The fourth-order valence-electron chi connectivity index (χ4n) is 7.91. The number of aryl methyl sites for hydroxylation is 1. The lowest BCUT2D eigenvalue weighted by atomic mass is 9.69. The van der Waals surface area contributed by atoms with Gasteiger partial charge in [-0.25, -0.2) is 0 Å². The van der Waals surface area contributed by atoms with Crippen LogP contribution in [-0.4, -0.2) is 55.4 Å². The standard InChI is InChI=1S/C36H47NO7/c1-21(38)44-25(14-12-22-13-15-32(40)33(16-22)42-3)18-24(39)19-28-26-9-6-5-8-23(26)17-30-31(37-2)11-7-10-27-35(30)29(28)20-34(43-4)36(27)41/h13,15-17,20,23,25-26,28,31,37,40-41H,5-12,14,18-19H2,1-4H3. The van der Waals surface area contributed by atoms with Gasteiger partial charge in [0.25, 0.3) is 0 Å². The van der Waals surface area contributed by atoms with Crippen LogP contribution in [0.5, 0.6) is 23.0 Å². The molecular weight excluding hydrogens is 558 g/mol. The van der Waals surface area contributed by atoms with E-state index in [2.05, 4.69) is 11.4 Å². The van der Waals surface area contributed by atoms with Gasteiger partial charge in [-0.05, 0) is 110 Å². The van der Waals surface area contributed by atoms with Crippen LogP contribution in [0.2, 0.25) is 0 Å². The lowest BCUT2D eigenvalue weighted by Crippen LogP contribution is -2.28. The number of rotatable bonds is 11. The van der Waals surface area contributed by atoms with Crippen molar-refractivity contribution in [2.75, 3.05) is 21.3 Å². The van der Waals surface area contributed by atoms with E-state index < -0.39 is 12.1 Å². The maximum absolute atomic E-state index is 14.0. The molecule has 0 heterocycles. The molecule has 1 saturated carbocycles. The third kappa shape index (κ3) is 6.75. The number of nitrogens with one attached hydrogen (secondary N) is 1. The van der Waals surface area contributed by atoms with E-state index in [1.54, 1.807) is 19.2 Å². The molecule has 1 fully saturated rings. The predicted octanol–water partition coefficient (Wildman–Crippen LogP) is 6.24. The van der Waals surface area contributed by atoms with E-state index >= 15 is 0 Å². The van der Waals surface area contributed by atoms with Gasteiger partial charge >= 0.3 is 5.97 Å². The number of phenols is 2. The third-order valence-corrected chi connectivity index (χ3v) is 9.97. The summed E-state index contributed by atoms with van der Waals surface area (Å²) in [6, 6.07) is 7.33. The monoisotopic (exact) mass is 605 g/mol. The number of carbonyl (C=O) groups excluding carboxylic acids is 2. The molecular formula is C36H47NO7. The number of phenolic OH excluding ortho intramolecular Hbond substituents is 2. The summed E-state index contributed by atoms with van der Waals surface area (Å²) in [5.74, 6) is 1.42. The van der Waals surface area contributed by atoms with E-state index in [1.165, 1.54) is 26.0 Å². The number of esters is 1. The summed E-state index contributed by atoms with van der Waals surface area (Å²) in [6.07, 6.45) is 10.6. The number of allylic oxidation sites excluding steroid dienone is 1. The first kappa shape index (κ1) is 31.9. The van der Waals surface area contributed by atoms with Crippen LogP contribution in [0.3, 0.4) is 0 Å². The molecule has 2 aromatic rings. The topological polar surface area (TPSA) is 114 Å². The van der Waals surface area contributed by atoms with Crippen LogP contribution in [0.4, 0.5) is 0 Å². The van der Waals surface area contributed by atoms with E-state index in [4.69, 9.17) is 14.2 Å². The predicted molar refractivity (Wildman–Crippen MR) is 169 cm³/mol. The van der Waals surface area contributed by atoms with Gasteiger partial charge in [0.15, 0.2) is 23.0 Å². The zero-order valence-electron chi connectivity index (χ0n) is 26.5. The summed E-state index contributed by atoms with van der Waals surface area (Å²) in [5.41, 5.74) is 5.31. The van der Waals surface area contributed by atoms with Crippen LogP contribution in [0.15, 0.2) is 30.3 Å². The molecule has 238 valence electrons. The second-order valence-electron chi connectivity index (χ2n) is 12.7. The van der Waals surface area contributed by atoms with Gasteiger partial charge in [0.1, 0.15) is 11.9 Å². The molecule has 8 heteroatoms. The van der Waals surface area contributed by atoms with Crippen molar-refractivity contribution in [2.45, 2.75) is 95.6 Å². The number of carbonyl (C=O) groups is 2. The van der Waals surface area contributed by atoms with Gasteiger partial charge in [0.2, 0.25) is 0 Å². The maximum Gasteiger partial charge on any atom is 0.302 e. The first-order valence-corrected chi connectivity index (χ1v) is 16.1. The zero-order valence-corrected chi connectivity index (χ0v) is 26.5. The maximum atomic E-state index is 14.0. The Bertz CT molecular complexity index is 1400. The lowest BCUT2D eigenvalue weighted by Gasteiger charge is -2.35. The molecule has 3 N–H and O–H groups in total. The highest BCUT2D eigenvalue weighted by Gasteiger charge is 2.41. The Morgan fingerprint density at radius 3 is 2.52 bits per heavy atom. The summed E-state index contributed by atoms with van der Waals surface area (Å²) in [4.78, 5) is 26.0. The number of likely N-dealkylation sites (N-methyl/N-ethyl adjacent to an activating group) is 1. The average Bonchev–Trinajstić information content (AvgIpc) is 3.27. The van der Waals surface area contributed by atoms with Crippen molar-refractivity contribution in [3.8, 4) is 23.0 Å². The number of ketones is 1. The molecule has 0 bridgehead atoms. The van der Waals surface area contributed by atoms with Gasteiger partial charge < -0.3 is 29.7 Å². The van der Waals surface area contributed by atoms with Crippen molar-refractivity contribution >= 4 is 17.3 Å². The van der Waals surface area contributed by atoms with Crippen molar-refractivity contribution in [3.05, 3.63) is 52.6 Å². The Morgan fingerprint density at radius 1 is 1.02 bits per heavy atom. The van der Waals surface area contributed by atoms with Gasteiger partial charge in [-0.3, -0.25) is 9.59 Å². The Balaban J connectivity index is 1.45. The van der Waals surface area contributed by atoms with E-state index in [-0.39, 0.29) is 35.7 Å². The second kappa shape index (κ2) is 14.1. The van der Waals surface area contributed by atoms with Crippen LogP contribution in [0.1, 0.15) is 92.9 Å². The van der Waals surface area contributed by atoms with E-state index in [1.807, 2.05) is 19.2 Å². The fourth-order valence-corrected chi connectivity index (χ4v) is 7.91. The molecule has 0 radical (unpaired) electrons. The molecule has 2 aromatic carbocycles. The molecule has 5 unspecified atom stereocenters. The number of benzene rings is 2. The Hall–Kier alpha value is -3.52. The highest BCUT2D eigenvalue weighted by Crippen LogP contribution is 2.53. The lowest BCUT2D eigenvalue weighted by molar-refractivity contribution is -0.147.